The van der Waals surface area contributed by atoms with Crippen LogP contribution >= 0.6 is 11.6 Å². The molecule has 0 aliphatic carbocycles. The van der Waals surface area contributed by atoms with E-state index in [0.29, 0.717) is 5.75 Å². The number of benzene rings is 2. The fourth-order valence-electron chi connectivity index (χ4n) is 2.25. The highest BCUT2D eigenvalue weighted by Gasteiger charge is 2.31. The second kappa shape index (κ2) is 5.45. The van der Waals surface area contributed by atoms with E-state index < -0.39 is 11.7 Å². The molecule has 1 heterocycles. The molecule has 0 aliphatic heterocycles. The van der Waals surface area contributed by atoms with E-state index in [1.807, 2.05) is 24.6 Å². The van der Waals surface area contributed by atoms with Gasteiger partial charge in [-0.25, -0.2) is 4.98 Å². The van der Waals surface area contributed by atoms with Gasteiger partial charge in [-0.05, 0) is 37.3 Å². The molecule has 0 spiro atoms. The molecule has 120 valence electrons. The molecule has 3 nitrogen and oxygen atoms in total. The first kappa shape index (κ1) is 15.7. The summed E-state index contributed by atoms with van der Waals surface area (Å²) >= 11 is 5.89. The number of halogens is 4. The number of hydrogen-bond acceptors (Lipinski definition) is 2. The molecule has 0 saturated heterocycles. The number of nitrogens with zero attached hydrogens (tertiary/aromatic N) is 2. The van der Waals surface area contributed by atoms with Gasteiger partial charge in [0.2, 0.25) is 0 Å². The van der Waals surface area contributed by atoms with E-state index in [4.69, 9.17) is 16.3 Å². The van der Waals surface area contributed by atoms with Crippen LogP contribution in [0.5, 0.6) is 11.5 Å². The number of aromatic nitrogens is 2. The molecule has 0 saturated carbocycles. The second-order valence-corrected chi connectivity index (χ2v) is 5.52. The third-order valence-corrected chi connectivity index (χ3v) is 3.86. The highest BCUT2D eigenvalue weighted by Crippen LogP contribution is 2.36. The van der Waals surface area contributed by atoms with Crippen LogP contribution in [0.2, 0.25) is 5.02 Å². The summed E-state index contributed by atoms with van der Waals surface area (Å²) < 4.78 is 45.4. The predicted octanol–water partition coefficient (Wildman–Crippen LogP) is 5.35. The average molecular weight is 341 g/mol. The minimum atomic E-state index is -4.44. The largest absolute Gasteiger partial charge is 0.456 e. The SMILES string of the molecule is Cc1nc2cc(Oc3ccc(C(F)(F)F)cc3Cl)ccc2n1C. The van der Waals surface area contributed by atoms with Crippen LogP contribution in [0, 0.1) is 6.92 Å². The molecule has 0 N–H and O–H groups in total. The van der Waals surface area contributed by atoms with Crippen molar-refractivity contribution in [3.05, 3.63) is 52.8 Å². The number of ether oxygens (including phenoxy) is 1. The van der Waals surface area contributed by atoms with Gasteiger partial charge < -0.3 is 9.30 Å². The van der Waals surface area contributed by atoms with Crippen LogP contribution in [0.4, 0.5) is 13.2 Å². The summed E-state index contributed by atoms with van der Waals surface area (Å²) in [5.41, 5.74) is 0.865. The Morgan fingerprint density at radius 3 is 2.52 bits per heavy atom. The van der Waals surface area contributed by atoms with Crippen LogP contribution in [0.1, 0.15) is 11.4 Å². The van der Waals surface area contributed by atoms with E-state index in [0.717, 1.165) is 29.0 Å². The molecule has 3 aromatic rings. The first-order valence-electron chi connectivity index (χ1n) is 6.73. The first-order valence-corrected chi connectivity index (χ1v) is 7.11. The molecule has 0 radical (unpaired) electrons. The predicted molar refractivity (Wildman–Crippen MR) is 82.0 cm³/mol. The zero-order valence-corrected chi connectivity index (χ0v) is 13.0. The number of imidazole rings is 1. The molecular weight excluding hydrogens is 329 g/mol. The van der Waals surface area contributed by atoms with Gasteiger partial charge in [-0.1, -0.05) is 11.6 Å². The van der Waals surface area contributed by atoms with Crippen LogP contribution in [0.15, 0.2) is 36.4 Å². The normalized spacial score (nSPS) is 11.9. The third kappa shape index (κ3) is 2.99. The lowest BCUT2D eigenvalue weighted by atomic mass is 10.2. The second-order valence-electron chi connectivity index (χ2n) is 5.11. The van der Waals surface area contributed by atoms with Gasteiger partial charge in [-0.3, -0.25) is 0 Å². The Labute approximate surface area is 135 Å². The van der Waals surface area contributed by atoms with E-state index in [-0.39, 0.29) is 10.8 Å². The number of hydrogen-bond donors (Lipinski definition) is 0. The van der Waals surface area contributed by atoms with E-state index in [1.54, 1.807) is 12.1 Å². The summed E-state index contributed by atoms with van der Waals surface area (Å²) in [5, 5.41) is -0.0999. The van der Waals surface area contributed by atoms with Crippen molar-refractivity contribution in [3.63, 3.8) is 0 Å². The highest BCUT2D eigenvalue weighted by molar-refractivity contribution is 6.32. The van der Waals surface area contributed by atoms with Crippen LogP contribution in [-0.4, -0.2) is 9.55 Å². The van der Waals surface area contributed by atoms with Crippen LogP contribution in [-0.2, 0) is 13.2 Å². The van der Waals surface area contributed by atoms with Gasteiger partial charge in [0, 0.05) is 13.1 Å². The van der Waals surface area contributed by atoms with E-state index in [2.05, 4.69) is 4.98 Å². The molecule has 0 fully saturated rings. The van der Waals surface area contributed by atoms with Crippen LogP contribution in [0.25, 0.3) is 11.0 Å². The van der Waals surface area contributed by atoms with E-state index >= 15 is 0 Å². The Morgan fingerprint density at radius 1 is 1.13 bits per heavy atom. The fraction of sp³-hybridized carbons (Fsp3) is 0.188. The minimum absolute atomic E-state index is 0.0999. The quantitative estimate of drug-likeness (QED) is 0.629. The van der Waals surface area contributed by atoms with Crippen molar-refractivity contribution >= 4 is 22.6 Å². The summed E-state index contributed by atoms with van der Waals surface area (Å²) in [6.07, 6.45) is -4.44. The van der Waals surface area contributed by atoms with Crippen molar-refractivity contribution in [3.8, 4) is 11.5 Å². The molecule has 0 unspecified atom stereocenters. The molecular formula is C16H12ClF3N2O. The molecule has 0 bridgehead atoms. The molecule has 0 amide bonds. The maximum absolute atomic E-state index is 12.6. The topological polar surface area (TPSA) is 27.1 Å². The molecule has 3 rings (SSSR count). The Hall–Kier alpha value is -2.21. The first-order chi connectivity index (χ1) is 10.8. The highest BCUT2D eigenvalue weighted by atomic mass is 35.5. The molecule has 0 aliphatic rings. The summed E-state index contributed by atoms with van der Waals surface area (Å²) in [4.78, 5) is 4.39. The van der Waals surface area contributed by atoms with Gasteiger partial charge in [0.15, 0.2) is 0 Å². The van der Waals surface area contributed by atoms with Gasteiger partial charge >= 0.3 is 6.18 Å². The number of aryl methyl sites for hydroxylation is 2. The maximum atomic E-state index is 12.6. The van der Waals surface area contributed by atoms with Crippen molar-refractivity contribution in [2.75, 3.05) is 0 Å². The maximum Gasteiger partial charge on any atom is 0.416 e. The van der Waals surface area contributed by atoms with E-state index in [1.165, 1.54) is 6.07 Å². The summed E-state index contributed by atoms with van der Waals surface area (Å²) in [7, 11) is 1.90. The molecule has 23 heavy (non-hydrogen) atoms. The Morgan fingerprint density at radius 2 is 1.87 bits per heavy atom. The van der Waals surface area contributed by atoms with Gasteiger partial charge in [0.1, 0.15) is 17.3 Å². The zero-order chi connectivity index (χ0) is 16.8. The monoisotopic (exact) mass is 340 g/mol. The van der Waals surface area contributed by atoms with Crippen molar-refractivity contribution < 1.29 is 17.9 Å². The molecule has 1 aromatic heterocycles. The van der Waals surface area contributed by atoms with Gasteiger partial charge in [-0.15, -0.1) is 0 Å². The zero-order valence-electron chi connectivity index (χ0n) is 12.3. The average Bonchev–Trinajstić information content (AvgIpc) is 2.75. The lowest BCUT2D eigenvalue weighted by Crippen LogP contribution is -2.04. The van der Waals surface area contributed by atoms with Crippen LogP contribution < -0.4 is 4.74 Å². The fourth-order valence-corrected chi connectivity index (χ4v) is 2.47. The smallest absolute Gasteiger partial charge is 0.416 e. The standard InChI is InChI=1S/C16H12ClF3N2O/c1-9-21-13-8-11(4-5-14(13)22(9)2)23-15-6-3-10(7-12(15)17)16(18,19)20/h3-8H,1-2H3. The Balaban J connectivity index is 1.93. The number of alkyl halides is 3. The summed E-state index contributed by atoms with van der Waals surface area (Å²) in [6, 6.07) is 8.26. The summed E-state index contributed by atoms with van der Waals surface area (Å²) in [5.74, 6) is 1.47. The minimum Gasteiger partial charge on any atom is -0.456 e. The van der Waals surface area contributed by atoms with Gasteiger partial charge in [-0.2, -0.15) is 13.2 Å². The lowest BCUT2D eigenvalue weighted by Gasteiger charge is -2.11. The van der Waals surface area contributed by atoms with Crippen molar-refractivity contribution in [2.45, 2.75) is 13.1 Å². The van der Waals surface area contributed by atoms with Gasteiger partial charge in [0.25, 0.3) is 0 Å². The van der Waals surface area contributed by atoms with E-state index in [9.17, 15) is 13.2 Å². The Kier molecular flexibility index (Phi) is 3.72. The Bertz CT molecular complexity index is 887. The van der Waals surface area contributed by atoms with Crippen LogP contribution in [0.3, 0.4) is 0 Å². The number of rotatable bonds is 2. The molecule has 7 heteroatoms. The lowest BCUT2D eigenvalue weighted by molar-refractivity contribution is -0.137. The van der Waals surface area contributed by atoms with Crippen molar-refractivity contribution in [2.24, 2.45) is 7.05 Å². The molecule has 2 aromatic carbocycles. The summed E-state index contributed by atoms with van der Waals surface area (Å²) in [6.45, 7) is 1.88. The van der Waals surface area contributed by atoms with Crippen molar-refractivity contribution in [1.82, 2.24) is 9.55 Å². The van der Waals surface area contributed by atoms with Gasteiger partial charge in [0.05, 0.1) is 21.6 Å². The number of fused-ring (bicyclic) bond motifs is 1. The molecule has 0 atom stereocenters. The third-order valence-electron chi connectivity index (χ3n) is 3.56. The van der Waals surface area contributed by atoms with Crippen molar-refractivity contribution in [1.29, 1.82) is 0 Å².